The van der Waals surface area contributed by atoms with E-state index in [-0.39, 0.29) is 37.1 Å². The van der Waals surface area contributed by atoms with Gasteiger partial charge in [0.25, 0.3) is 0 Å². The van der Waals surface area contributed by atoms with Gasteiger partial charge in [-0.05, 0) is 24.6 Å². The number of hydrogen-bond donors (Lipinski definition) is 3. The Labute approximate surface area is 174 Å². The van der Waals surface area contributed by atoms with Gasteiger partial charge in [0.2, 0.25) is 23.6 Å². The lowest BCUT2D eigenvalue weighted by Gasteiger charge is -2.29. The Kier molecular flexibility index (Phi) is 6.79. The molecule has 3 N–H and O–H groups in total. The summed E-state index contributed by atoms with van der Waals surface area (Å²) in [5.74, 6) is -1.32. The van der Waals surface area contributed by atoms with Crippen molar-refractivity contribution in [3.63, 3.8) is 0 Å². The van der Waals surface area contributed by atoms with Crippen LogP contribution in [0.4, 0.5) is 11.4 Å². The number of anilines is 2. The molecule has 0 saturated carbocycles. The normalized spacial score (nSPS) is 13.6. The molecule has 8 heteroatoms. The van der Waals surface area contributed by atoms with Crippen LogP contribution in [0.1, 0.15) is 25.3 Å². The highest BCUT2D eigenvalue weighted by atomic mass is 16.2. The minimum atomic E-state index is -0.724. The molecule has 30 heavy (non-hydrogen) atoms. The second-order valence-electron chi connectivity index (χ2n) is 7.04. The van der Waals surface area contributed by atoms with Gasteiger partial charge in [-0.2, -0.15) is 0 Å². The lowest BCUT2D eigenvalue weighted by molar-refractivity contribution is -0.129. The predicted octanol–water partition coefficient (Wildman–Crippen LogP) is 1.57. The maximum absolute atomic E-state index is 12.6. The monoisotopic (exact) mass is 408 g/mol. The number of fused-ring (bicyclic) bond motifs is 1. The van der Waals surface area contributed by atoms with Crippen molar-refractivity contribution in [2.24, 2.45) is 0 Å². The molecule has 0 fully saturated rings. The molecule has 1 aliphatic rings. The number of amides is 4. The third-order valence-corrected chi connectivity index (χ3v) is 4.72. The summed E-state index contributed by atoms with van der Waals surface area (Å²) in [4.78, 5) is 50.1. The average molecular weight is 408 g/mol. The third-order valence-electron chi connectivity index (χ3n) is 4.72. The van der Waals surface area contributed by atoms with Gasteiger partial charge in [0.1, 0.15) is 12.6 Å². The van der Waals surface area contributed by atoms with Gasteiger partial charge in [-0.15, -0.1) is 0 Å². The summed E-state index contributed by atoms with van der Waals surface area (Å²) in [5, 5.41) is 8.08. The number of nitrogens with one attached hydrogen (secondary N) is 3. The van der Waals surface area contributed by atoms with Crippen LogP contribution >= 0.6 is 0 Å². The fourth-order valence-electron chi connectivity index (χ4n) is 3.13. The van der Waals surface area contributed by atoms with Crippen molar-refractivity contribution in [3.05, 3.63) is 60.2 Å². The largest absolute Gasteiger partial charge is 0.350 e. The Balaban J connectivity index is 1.46. The molecule has 1 heterocycles. The SMILES string of the molecule is CC(NC(=O)CCC(=O)N1CC(=O)Nc2ccccc21)C(=O)NCc1ccccc1. The predicted molar refractivity (Wildman–Crippen MR) is 113 cm³/mol. The smallest absolute Gasteiger partial charge is 0.244 e. The first kappa shape index (κ1) is 21.0. The Hall–Kier alpha value is -3.68. The molecule has 1 aliphatic heterocycles. The fourth-order valence-corrected chi connectivity index (χ4v) is 3.13. The van der Waals surface area contributed by atoms with Gasteiger partial charge in [-0.25, -0.2) is 0 Å². The van der Waals surface area contributed by atoms with Gasteiger partial charge in [-0.1, -0.05) is 42.5 Å². The summed E-state index contributed by atoms with van der Waals surface area (Å²) < 4.78 is 0. The van der Waals surface area contributed by atoms with E-state index in [1.54, 1.807) is 31.2 Å². The van der Waals surface area contributed by atoms with Crippen molar-refractivity contribution in [1.82, 2.24) is 10.6 Å². The van der Waals surface area contributed by atoms with Crippen LogP contribution in [0.5, 0.6) is 0 Å². The van der Waals surface area contributed by atoms with Crippen LogP contribution < -0.4 is 20.9 Å². The van der Waals surface area contributed by atoms with E-state index in [4.69, 9.17) is 0 Å². The van der Waals surface area contributed by atoms with E-state index in [1.165, 1.54) is 4.90 Å². The standard InChI is InChI=1S/C22H24N4O4/c1-15(22(30)23-13-16-7-3-2-4-8-16)24-19(27)11-12-21(29)26-14-20(28)25-17-9-5-6-10-18(17)26/h2-10,15H,11-14H2,1H3,(H,23,30)(H,24,27)(H,25,28). The van der Waals surface area contributed by atoms with Gasteiger partial charge in [0, 0.05) is 19.4 Å². The number of benzene rings is 2. The molecule has 0 bridgehead atoms. The molecule has 8 nitrogen and oxygen atoms in total. The molecule has 0 aliphatic carbocycles. The molecule has 4 amide bonds. The van der Waals surface area contributed by atoms with Gasteiger partial charge in [-0.3, -0.25) is 19.2 Å². The van der Waals surface area contributed by atoms with Crippen molar-refractivity contribution in [3.8, 4) is 0 Å². The first-order valence-corrected chi connectivity index (χ1v) is 9.74. The molecule has 156 valence electrons. The Morgan fingerprint density at radius 1 is 1.03 bits per heavy atom. The highest BCUT2D eigenvalue weighted by Gasteiger charge is 2.27. The van der Waals surface area contributed by atoms with E-state index < -0.39 is 11.9 Å². The van der Waals surface area contributed by atoms with Crippen LogP contribution in [0.25, 0.3) is 0 Å². The topological polar surface area (TPSA) is 108 Å². The summed E-state index contributed by atoms with van der Waals surface area (Å²) in [6, 6.07) is 15.7. The molecule has 1 atom stereocenters. The number of carbonyl (C=O) groups excluding carboxylic acids is 4. The Morgan fingerprint density at radius 3 is 2.50 bits per heavy atom. The number of rotatable bonds is 7. The van der Waals surface area contributed by atoms with Crippen LogP contribution in [-0.2, 0) is 25.7 Å². The summed E-state index contributed by atoms with van der Waals surface area (Å²) in [7, 11) is 0. The van der Waals surface area contributed by atoms with Gasteiger partial charge >= 0.3 is 0 Å². The lowest BCUT2D eigenvalue weighted by Crippen LogP contribution is -2.45. The molecular weight excluding hydrogens is 384 g/mol. The molecule has 2 aromatic carbocycles. The van der Waals surface area contributed by atoms with Crippen LogP contribution in [0.15, 0.2) is 54.6 Å². The van der Waals surface area contributed by atoms with Gasteiger partial charge in [0.05, 0.1) is 11.4 Å². The van der Waals surface area contributed by atoms with Gasteiger partial charge < -0.3 is 20.9 Å². The number of para-hydroxylation sites is 2. The van der Waals surface area contributed by atoms with E-state index >= 15 is 0 Å². The fraction of sp³-hybridized carbons (Fsp3) is 0.273. The quantitative estimate of drug-likeness (QED) is 0.646. The first-order valence-electron chi connectivity index (χ1n) is 9.74. The Bertz CT molecular complexity index is 945. The third kappa shape index (κ3) is 5.44. The minimum absolute atomic E-state index is 0.0637. The van der Waals surface area contributed by atoms with E-state index in [1.807, 2.05) is 30.3 Å². The van der Waals surface area contributed by atoms with Crippen molar-refractivity contribution in [2.75, 3.05) is 16.8 Å². The first-order chi connectivity index (χ1) is 14.4. The summed E-state index contributed by atoms with van der Waals surface area (Å²) in [6.45, 7) is 1.87. The van der Waals surface area contributed by atoms with E-state index in [0.717, 1.165) is 5.56 Å². The molecule has 0 spiro atoms. The zero-order valence-corrected chi connectivity index (χ0v) is 16.7. The Morgan fingerprint density at radius 2 is 1.73 bits per heavy atom. The minimum Gasteiger partial charge on any atom is -0.350 e. The van der Waals surface area contributed by atoms with Crippen molar-refractivity contribution in [2.45, 2.75) is 32.4 Å². The zero-order valence-electron chi connectivity index (χ0n) is 16.7. The molecule has 2 aromatic rings. The van der Waals surface area contributed by atoms with Crippen LogP contribution in [-0.4, -0.2) is 36.2 Å². The van der Waals surface area contributed by atoms with E-state index in [0.29, 0.717) is 17.9 Å². The summed E-state index contributed by atoms with van der Waals surface area (Å²) >= 11 is 0. The second-order valence-corrected chi connectivity index (χ2v) is 7.04. The number of nitrogens with zero attached hydrogens (tertiary/aromatic N) is 1. The lowest BCUT2D eigenvalue weighted by atomic mass is 10.1. The molecular formula is C22H24N4O4. The zero-order chi connectivity index (χ0) is 21.5. The van der Waals surface area contributed by atoms with Crippen LogP contribution in [0.2, 0.25) is 0 Å². The van der Waals surface area contributed by atoms with Crippen LogP contribution in [0, 0.1) is 0 Å². The number of carbonyl (C=O) groups is 4. The van der Waals surface area contributed by atoms with E-state index in [9.17, 15) is 19.2 Å². The second kappa shape index (κ2) is 9.69. The van der Waals surface area contributed by atoms with Gasteiger partial charge in [0.15, 0.2) is 0 Å². The highest BCUT2D eigenvalue weighted by Crippen LogP contribution is 2.29. The average Bonchev–Trinajstić information content (AvgIpc) is 2.75. The molecule has 0 aromatic heterocycles. The van der Waals surface area contributed by atoms with Crippen molar-refractivity contribution in [1.29, 1.82) is 0 Å². The van der Waals surface area contributed by atoms with Crippen molar-refractivity contribution >= 4 is 35.0 Å². The summed E-state index contributed by atoms with van der Waals surface area (Å²) in [5.41, 5.74) is 2.13. The molecule has 0 saturated heterocycles. The molecule has 1 unspecified atom stereocenters. The summed E-state index contributed by atoms with van der Waals surface area (Å²) in [6.07, 6.45) is -0.138. The molecule has 3 rings (SSSR count). The molecule has 0 radical (unpaired) electrons. The highest BCUT2D eigenvalue weighted by molar-refractivity contribution is 6.10. The van der Waals surface area contributed by atoms with E-state index in [2.05, 4.69) is 16.0 Å². The maximum atomic E-state index is 12.6. The number of hydrogen-bond acceptors (Lipinski definition) is 4. The van der Waals surface area contributed by atoms with Crippen LogP contribution in [0.3, 0.4) is 0 Å². The van der Waals surface area contributed by atoms with Crippen molar-refractivity contribution < 1.29 is 19.2 Å². The maximum Gasteiger partial charge on any atom is 0.244 e.